The molecule has 0 spiro atoms. The maximum Gasteiger partial charge on any atom is 0.573 e. The van der Waals surface area contributed by atoms with Crippen LogP contribution in [0, 0.1) is 5.82 Å². The molecule has 0 saturated carbocycles. The maximum absolute atomic E-state index is 14.1. The smallest absolute Gasteiger partial charge is 0.469 e. The zero-order chi connectivity index (χ0) is 23.6. The van der Waals surface area contributed by atoms with Gasteiger partial charge in [-0.05, 0) is 22.0 Å². The standard InChI is InChI=1S/C20H15BrF4N2O5/c1-30-16(28)7-11(10-5-3-4-6-14(10)32-20(23,24)25)18-17(19(29)31-2)26-15-8-13(22)12(21)9-27(15)18/h3-6,8-9,11H,7H2,1-2H3. The van der Waals surface area contributed by atoms with E-state index in [1.807, 2.05) is 0 Å². The number of ether oxygens (including phenoxy) is 3. The highest BCUT2D eigenvalue weighted by Crippen LogP contribution is 2.39. The molecule has 0 saturated heterocycles. The van der Waals surface area contributed by atoms with Gasteiger partial charge in [0.15, 0.2) is 5.69 Å². The molecule has 3 aromatic rings. The van der Waals surface area contributed by atoms with Crippen molar-refractivity contribution >= 4 is 33.5 Å². The molecule has 7 nitrogen and oxygen atoms in total. The monoisotopic (exact) mass is 518 g/mol. The number of para-hydroxylation sites is 1. The van der Waals surface area contributed by atoms with Crippen molar-refractivity contribution in [1.29, 1.82) is 0 Å². The molecule has 0 N–H and O–H groups in total. The lowest BCUT2D eigenvalue weighted by Gasteiger charge is -2.21. The lowest BCUT2D eigenvalue weighted by atomic mass is 9.90. The van der Waals surface area contributed by atoms with Crippen LogP contribution in [0.1, 0.15) is 34.1 Å². The molecule has 0 radical (unpaired) electrons. The third-order valence-electron chi connectivity index (χ3n) is 4.53. The Morgan fingerprint density at radius 1 is 1.19 bits per heavy atom. The largest absolute Gasteiger partial charge is 0.573 e. The van der Waals surface area contributed by atoms with Crippen molar-refractivity contribution < 1.29 is 41.4 Å². The number of fused-ring (bicyclic) bond motifs is 1. The van der Waals surface area contributed by atoms with Crippen molar-refractivity contribution in [2.45, 2.75) is 18.7 Å². The predicted molar refractivity (Wildman–Crippen MR) is 106 cm³/mol. The molecule has 12 heteroatoms. The van der Waals surface area contributed by atoms with Gasteiger partial charge in [0.2, 0.25) is 0 Å². The molecule has 2 heterocycles. The van der Waals surface area contributed by atoms with E-state index < -0.39 is 42.2 Å². The third kappa shape index (κ3) is 4.85. The number of benzene rings is 1. The van der Waals surface area contributed by atoms with Crippen molar-refractivity contribution in [3.63, 3.8) is 0 Å². The summed E-state index contributed by atoms with van der Waals surface area (Å²) in [6.45, 7) is 0. The van der Waals surface area contributed by atoms with Crippen molar-refractivity contribution in [1.82, 2.24) is 9.38 Å². The van der Waals surface area contributed by atoms with E-state index in [0.29, 0.717) is 0 Å². The van der Waals surface area contributed by atoms with Gasteiger partial charge in [0.25, 0.3) is 0 Å². The van der Waals surface area contributed by atoms with E-state index in [9.17, 15) is 27.2 Å². The molecule has 0 aliphatic heterocycles. The van der Waals surface area contributed by atoms with E-state index >= 15 is 0 Å². The lowest BCUT2D eigenvalue weighted by Crippen LogP contribution is -2.21. The van der Waals surface area contributed by atoms with E-state index in [1.165, 1.54) is 28.8 Å². The van der Waals surface area contributed by atoms with E-state index in [2.05, 4.69) is 25.7 Å². The number of carbonyl (C=O) groups excluding carboxylic acids is 2. The van der Waals surface area contributed by atoms with Gasteiger partial charge in [0, 0.05) is 23.7 Å². The highest BCUT2D eigenvalue weighted by Gasteiger charge is 2.36. The minimum atomic E-state index is -5.01. The first-order valence-corrected chi connectivity index (χ1v) is 9.71. The number of rotatable bonds is 6. The molecular weight excluding hydrogens is 504 g/mol. The Bertz CT molecular complexity index is 1180. The Labute approximate surface area is 187 Å². The second-order valence-electron chi connectivity index (χ2n) is 6.45. The number of halogens is 5. The van der Waals surface area contributed by atoms with Gasteiger partial charge >= 0.3 is 18.3 Å². The summed E-state index contributed by atoms with van der Waals surface area (Å²) >= 11 is 3.03. The van der Waals surface area contributed by atoms with Gasteiger partial charge in [-0.3, -0.25) is 4.79 Å². The van der Waals surface area contributed by atoms with E-state index in [0.717, 1.165) is 26.4 Å². The van der Waals surface area contributed by atoms with Crippen LogP contribution in [0.2, 0.25) is 0 Å². The molecule has 0 amide bonds. The number of hydrogen-bond donors (Lipinski definition) is 0. The molecule has 1 aromatic carbocycles. The minimum Gasteiger partial charge on any atom is -0.469 e. The van der Waals surface area contributed by atoms with Crippen LogP contribution in [0.5, 0.6) is 5.75 Å². The number of hydrogen-bond acceptors (Lipinski definition) is 6. The Morgan fingerprint density at radius 3 is 2.50 bits per heavy atom. The van der Waals surface area contributed by atoms with Crippen molar-refractivity contribution in [2.75, 3.05) is 14.2 Å². The zero-order valence-corrected chi connectivity index (χ0v) is 18.2. The first kappa shape index (κ1) is 23.5. The third-order valence-corrected chi connectivity index (χ3v) is 5.11. The summed E-state index contributed by atoms with van der Waals surface area (Å²) in [5.74, 6) is -4.16. The molecule has 1 unspecified atom stereocenters. The number of imidazole rings is 1. The summed E-state index contributed by atoms with van der Waals surface area (Å²) in [7, 11) is 2.20. The van der Waals surface area contributed by atoms with Crippen LogP contribution in [0.4, 0.5) is 17.6 Å². The molecule has 170 valence electrons. The first-order chi connectivity index (χ1) is 15.1. The fraction of sp³-hybridized carbons (Fsp3) is 0.250. The number of aromatic nitrogens is 2. The number of carbonyl (C=O) groups is 2. The molecular formula is C20H15BrF4N2O5. The molecule has 1 atom stereocenters. The highest BCUT2D eigenvalue weighted by molar-refractivity contribution is 9.10. The second-order valence-corrected chi connectivity index (χ2v) is 7.31. The van der Waals surface area contributed by atoms with Gasteiger partial charge in [0.1, 0.15) is 17.2 Å². The molecule has 0 aliphatic rings. The Kier molecular flexibility index (Phi) is 6.72. The molecule has 0 aliphatic carbocycles. The van der Waals surface area contributed by atoms with Crippen LogP contribution in [0.25, 0.3) is 5.65 Å². The number of pyridine rings is 1. The summed E-state index contributed by atoms with van der Waals surface area (Å²) in [4.78, 5) is 28.7. The quantitative estimate of drug-likeness (QED) is 0.350. The molecule has 0 fully saturated rings. The Hall–Kier alpha value is -3.15. The molecule has 32 heavy (non-hydrogen) atoms. The number of alkyl halides is 3. The van der Waals surface area contributed by atoms with Crippen LogP contribution in [-0.4, -0.2) is 41.9 Å². The van der Waals surface area contributed by atoms with Crippen LogP contribution in [-0.2, 0) is 14.3 Å². The fourth-order valence-corrected chi connectivity index (χ4v) is 3.55. The average Bonchev–Trinajstić information content (AvgIpc) is 3.09. The van der Waals surface area contributed by atoms with Gasteiger partial charge in [0.05, 0.1) is 30.8 Å². The summed E-state index contributed by atoms with van der Waals surface area (Å²) in [6, 6.07) is 6.17. The Balaban J connectivity index is 2.34. The normalized spacial score (nSPS) is 12.5. The molecule has 0 bridgehead atoms. The number of methoxy groups -OCH3 is 2. The van der Waals surface area contributed by atoms with Gasteiger partial charge in [-0.1, -0.05) is 18.2 Å². The first-order valence-electron chi connectivity index (χ1n) is 8.92. The van der Waals surface area contributed by atoms with Gasteiger partial charge in [-0.25, -0.2) is 14.2 Å². The summed E-state index contributed by atoms with van der Waals surface area (Å²) < 4.78 is 68.0. The van der Waals surface area contributed by atoms with Crippen LogP contribution >= 0.6 is 15.9 Å². The SMILES string of the molecule is COC(=O)CC(c1ccccc1OC(F)(F)F)c1c(C(=O)OC)nc2cc(F)c(Br)cn12. The number of esters is 2. The summed E-state index contributed by atoms with van der Waals surface area (Å²) in [5, 5.41) is 0. The van der Waals surface area contributed by atoms with Crippen LogP contribution < -0.4 is 4.74 Å². The lowest BCUT2D eigenvalue weighted by molar-refractivity contribution is -0.274. The average molecular weight is 519 g/mol. The highest BCUT2D eigenvalue weighted by atomic mass is 79.9. The van der Waals surface area contributed by atoms with E-state index in [4.69, 9.17) is 9.47 Å². The second kappa shape index (κ2) is 9.15. The van der Waals surface area contributed by atoms with Crippen LogP contribution in [0.3, 0.4) is 0 Å². The van der Waals surface area contributed by atoms with Gasteiger partial charge in [-0.15, -0.1) is 13.2 Å². The maximum atomic E-state index is 14.1. The minimum absolute atomic E-state index is 0.00305. The summed E-state index contributed by atoms with van der Waals surface area (Å²) in [6.07, 6.45) is -4.23. The molecule has 2 aromatic heterocycles. The van der Waals surface area contributed by atoms with Crippen molar-refractivity contribution in [3.05, 3.63) is 63.8 Å². The Morgan fingerprint density at radius 2 is 1.88 bits per heavy atom. The van der Waals surface area contributed by atoms with E-state index in [1.54, 1.807) is 0 Å². The van der Waals surface area contributed by atoms with Crippen LogP contribution in [0.15, 0.2) is 41.0 Å². The van der Waals surface area contributed by atoms with Crippen molar-refractivity contribution in [2.24, 2.45) is 0 Å². The summed E-state index contributed by atoms with van der Waals surface area (Å²) in [5.41, 5.74) is -0.398. The van der Waals surface area contributed by atoms with E-state index in [-0.39, 0.29) is 27.1 Å². The zero-order valence-electron chi connectivity index (χ0n) is 16.6. The topological polar surface area (TPSA) is 79.1 Å². The fourth-order valence-electron chi connectivity index (χ4n) is 3.23. The van der Waals surface area contributed by atoms with Gasteiger partial charge in [-0.2, -0.15) is 0 Å². The predicted octanol–water partition coefficient (Wildman–Crippen LogP) is 4.62. The molecule has 3 rings (SSSR count). The number of nitrogens with zero attached hydrogens (tertiary/aromatic N) is 2. The van der Waals surface area contributed by atoms with Gasteiger partial charge < -0.3 is 18.6 Å². The van der Waals surface area contributed by atoms with Crippen molar-refractivity contribution in [3.8, 4) is 5.75 Å².